The molecule has 0 radical (unpaired) electrons. The molecular formula is C23H26N2O5. The third kappa shape index (κ3) is 4.16. The number of amides is 1. The van der Waals surface area contributed by atoms with Crippen LogP contribution in [0, 0.1) is 0 Å². The van der Waals surface area contributed by atoms with Crippen molar-refractivity contribution in [2.75, 3.05) is 41.4 Å². The van der Waals surface area contributed by atoms with Crippen molar-refractivity contribution in [2.24, 2.45) is 0 Å². The first-order valence-corrected chi connectivity index (χ1v) is 9.59. The Bertz CT molecular complexity index is 966. The predicted octanol–water partition coefficient (Wildman–Crippen LogP) is 2.69. The minimum atomic E-state index is -0.706. The highest BCUT2D eigenvalue weighted by molar-refractivity contribution is 6.46. The Hall–Kier alpha value is -3.32. The molecule has 1 aliphatic rings. The molecule has 0 spiro atoms. The van der Waals surface area contributed by atoms with Gasteiger partial charge >= 0.3 is 0 Å². The number of hydrogen-bond acceptors (Lipinski definition) is 6. The van der Waals surface area contributed by atoms with Crippen molar-refractivity contribution in [3.63, 3.8) is 0 Å². The minimum Gasteiger partial charge on any atom is -0.507 e. The molecule has 1 atom stereocenters. The Morgan fingerprint density at radius 1 is 1.03 bits per heavy atom. The van der Waals surface area contributed by atoms with Gasteiger partial charge in [-0.3, -0.25) is 9.59 Å². The number of benzene rings is 2. The lowest BCUT2D eigenvalue weighted by molar-refractivity contribution is -0.140. The van der Waals surface area contributed by atoms with Crippen LogP contribution < -0.4 is 9.47 Å². The van der Waals surface area contributed by atoms with Gasteiger partial charge in [-0.05, 0) is 56.1 Å². The Kier molecular flexibility index (Phi) is 6.42. The summed E-state index contributed by atoms with van der Waals surface area (Å²) in [6.07, 6.45) is 0. The van der Waals surface area contributed by atoms with E-state index in [1.54, 1.807) is 56.7 Å². The Balaban J connectivity index is 2.13. The Labute approximate surface area is 176 Å². The molecule has 1 aliphatic heterocycles. The molecule has 158 valence electrons. The van der Waals surface area contributed by atoms with Gasteiger partial charge in [0.05, 0.1) is 25.8 Å². The highest BCUT2D eigenvalue weighted by Gasteiger charge is 2.46. The van der Waals surface area contributed by atoms with E-state index in [4.69, 9.17) is 9.47 Å². The summed E-state index contributed by atoms with van der Waals surface area (Å²) < 4.78 is 10.5. The van der Waals surface area contributed by atoms with Crippen LogP contribution in [0.4, 0.5) is 0 Å². The van der Waals surface area contributed by atoms with E-state index in [1.165, 1.54) is 4.90 Å². The number of ketones is 1. The molecule has 0 bridgehead atoms. The number of hydrogen-bond donors (Lipinski definition) is 1. The van der Waals surface area contributed by atoms with Crippen LogP contribution in [0.2, 0.25) is 0 Å². The van der Waals surface area contributed by atoms with Gasteiger partial charge < -0.3 is 24.4 Å². The zero-order valence-electron chi connectivity index (χ0n) is 17.6. The maximum Gasteiger partial charge on any atom is 0.295 e. The first kappa shape index (κ1) is 21.4. The lowest BCUT2D eigenvalue weighted by Gasteiger charge is -2.26. The number of Topliss-reactive ketones (excluding diaryl/α,β-unsaturated/α-hetero) is 1. The molecule has 2 aromatic rings. The number of carbonyl (C=O) groups is 2. The summed E-state index contributed by atoms with van der Waals surface area (Å²) in [5, 5.41) is 11.0. The molecule has 1 N–H and O–H groups in total. The topological polar surface area (TPSA) is 79.3 Å². The summed E-state index contributed by atoms with van der Waals surface area (Å²) in [4.78, 5) is 29.3. The number of methoxy groups -OCH3 is 2. The first-order chi connectivity index (χ1) is 14.4. The monoisotopic (exact) mass is 410 g/mol. The van der Waals surface area contributed by atoms with E-state index < -0.39 is 17.7 Å². The second kappa shape index (κ2) is 9.00. The van der Waals surface area contributed by atoms with Crippen molar-refractivity contribution in [2.45, 2.75) is 6.04 Å². The summed E-state index contributed by atoms with van der Waals surface area (Å²) in [6.45, 7) is 0.926. The summed E-state index contributed by atoms with van der Waals surface area (Å²) >= 11 is 0. The zero-order valence-corrected chi connectivity index (χ0v) is 17.6. The van der Waals surface area contributed by atoms with Gasteiger partial charge in [-0.25, -0.2) is 0 Å². The lowest BCUT2D eigenvalue weighted by Crippen LogP contribution is -2.35. The molecule has 2 aromatic carbocycles. The maximum absolute atomic E-state index is 13.0. The molecule has 7 nitrogen and oxygen atoms in total. The van der Waals surface area contributed by atoms with Gasteiger partial charge in [-0.1, -0.05) is 12.1 Å². The number of likely N-dealkylation sites (tertiary alicyclic amines) is 1. The lowest BCUT2D eigenvalue weighted by atomic mass is 9.95. The van der Waals surface area contributed by atoms with Crippen molar-refractivity contribution < 1.29 is 24.2 Å². The van der Waals surface area contributed by atoms with Crippen molar-refractivity contribution >= 4 is 17.4 Å². The van der Waals surface area contributed by atoms with E-state index in [1.807, 2.05) is 25.1 Å². The average molecular weight is 410 g/mol. The van der Waals surface area contributed by atoms with Crippen LogP contribution in [0.25, 0.3) is 5.76 Å². The van der Waals surface area contributed by atoms with E-state index >= 15 is 0 Å². The third-order valence-corrected chi connectivity index (χ3v) is 5.10. The van der Waals surface area contributed by atoms with E-state index in [2.05, 4.69) is 0 Å². The molecule has 7 heteroatoms. The van der Waals surface area contributed by atoms with E-state index in [-0.39, 0.29) is 11.3 Å². The van der Waals surface area contributed by atoms with E-state index in [9.17, 15) is 14.7 Å². The van der Waals surface area contributed by atoms with Crippen molar-refractivity contribution in [3.05, 3.63) is 65.2 Å². The van der Waals surface area contributed by atoms with Gasteiger partial charge in [0.2, 0.25) is 0 Å². The number of nitrogens with zero attached hydrogens (tertiary/aromatic N) is 2. The zero-order chi connectivity index (χ0) is 21.8. The van der Waals surface area contributed by atoms with Crippen LogP contribution in [0.1, 0.15) is 17.2 Å². The predicted molar refractivity (Wildman–Crippen MR) is 114 cm³/mol. The Morgan fingerprint density at radius 2 is 1.70 bits per heavy atom. The smallest absolute Gasteiger partial charge is 0.295 e. The number of ether oxygens (including phenoxy) is 2. The van der Waals surface area contributed by atoms with Gasteiger partial charge in [0.15, 0.2) is 0 Å². The summed E-state index contributed by atoms with van der Waals surface area (Å²) in [7, 11) is 6.90. The van der Waals surface area contributed by atoms with Crippen LogP contribution in [0.5, 0.6) is 11.5 Å². The molecule has 30 heavy (non-hydrogen) atoms. The van der Waals surface area contributed by atoms with Gasteiger partial charge in [-0.2, -0.15) is 0 Å². The fourth-order valence-corrected chi connectivity index (χ4v) is 3.48. The molecule has 0 aromatic heterocycles. The summed E-state index contributed by atoms with van der Waals surface area (Å²) in [5.41, 5.74) is 1.20. The quantitative estimate of drug-likeness (QED) is 0.430. The largest absolute Gasteiger partial charge is 0.507 e. The molecule has 0 saturated carbocycles. The highest BCUT2D eigenvalue weighted by Crippen LogP contribution is 2.40. The second-order valence-corrected chi connectivity index (χ2v) is 7.30. The minimum absolute atomic E-state index is 0.0668. The number of aliphatic hydroxyl groups is 1. The Morgan fingerprint density at radius 3 is 2.30 bits per heavy atom. The van der Waals surface area contributed by atoms with Crippen molar-refractivity contribution in [3.8, 4) is 11.5 Å². The number of likely N-dealkylation sites (N-methyl/N-ethyl adjacent to an activating group) is 1. The normalized spacial score (nSPS) is 18.2. The number of rotatable bonds is 7. The molecule has 1 heterocycles. The fraction of sp³-hybridized carbons (Fsp3) is 0.304. The second-order valence-electron chi connectivity index (χ2n) is 7.30. The van der Waals surface area contributed by atoms with Crippen LogP contribution in [-0.2, 0) is 9.59 Å². The molecule has 1 saturated heterocycles. The molecule has 1 amide bonds. The molecule has 0 aliphatic carbocycles. The summed E-state index contributed by atoms with van der Waals surface area (Å²) in [5.74, 6) is -0.303. The van der Waals surface area contributed by atoms with Crippen LogP contribution >= 0.6 is 0 Å². The van der Waals surface area contributed by atoms with Crippen LogP contribution in [0.3, 0.4) is 0 Å². The van der Waals surface area contributed by atoms with Gasteiger partial charge in [0.1, 0.15) is 17.3 Å². The van der Waals surface area contributed by atoms with Crippen LogP contribution in [0.15, 0.2) is 54.1 Å². The number of carbonyl (C=O) groups excluding carboxylic acids is 2. The highest BCUT2D eigenvalue weighted by atomic mass is 16.5. The van der Waals surface area contributed by atoms with Crippen molar-refractivity contribution in [1.29, 1.82) is 0 Å². The molecule has 1 fully saturated rings. The van der Waals surface area contributed by atoms with Gasteiger partial charge in [0.25, 0.3) is 11.7 Å². The maximum atomic E-state index is 13.0. The molecule has 0 unspecified atom stereocenters. The first-order valence-electron chi connectivity index (χ1n) is 9.59. The average Bonchev–Trinajstić information content (AvgIpc) is 3.02. The van der Waals surface area contributed by atoms with E-state index in [0.29, 0.717) is 35.7 Å². The van der Waals surface area contributed by atoms with E-state index in [0.717, 1.165) is 0 Å². The van der Waals surface area contributed by atoms with Crippen LogP contribution in [-0.4, -0.2) is 68.0 Å². The third-order valence-electron chi connectivity index (χ3n) is 5.10. The summed E-state index contributed by atoms with van der Waals surface area (Å²) in [6, 6.07) is 13.2. The van der Waals surface area contributed by atoms with Gasteiger partial charge in [0, 0.05) is 18.7 Å². The van der Waals surface area contributed by atoms with Gasteiger partial charge in [-0.15, -0.1) is 0 Å². The molecule has 3 rings (SSSR count). The number of aliphatic hydroxyl groups excluding tert-OH is 1. The van der Waals surface area contributed by atoms with Crippen molar-refractivity contribution in [1.82, 2.24) is 9.80 Å². The standard InChI is InChI=1S/C23H26N2O5/c1-24(2)12-13-25-20(16-6-5-7-18(14-16)30-4)19(22(27)23(25)28)21(26)15-8-10-17(29-3)11-9-15/h5-11,14,20,26H,12-13H2,1-4H3/b21-19+/t20-/m1/s1. The molecular weight excluding hydrogens is 384 g/mol. The SMILES string of the molecule is COc1ccc(/C(O)=C2\C(=O)C(=O)N(CCN(C)C)[C@@H]2c2cccc(OC)c2)cc1. The fourth-order valence-electron chi connectivity index (χ4n) is 3.48.